The third-order valence-corrected chi connectivity index (χ3v) is 8.35. The summed E-state index contributed by atoms with van der Waals surface area (Å²) in [5, 5.41) is 7.89. The molecule has 0 N–H and O–H groups in total. The van der Waals surface area contributed by atoms with Crippen molar-refractivity contribution in [3.8, 4) is 28.6 Å². The monoisotopic (exact) mass is 508 g/mol. The molecule has 3 aromatic heterocycles. The van der Waals surface area contributed by atoms with E-state index in [9.17, 15) is 8.42 Å². The number of ether oxygens (including phenoxy) is 2. The maximum atomic E-state index is 13.6. The Kier molecular flexibility index (Phi) is 7.30. The lowest BCUT2D eigenvalue weighted by Gasteiger charge is -2.21. The van der Waals surface area contributed by atoms with Crippen LogP contribution in [0, 0.1) is 6.92 Å². The smallest absolute Gasteiger partial charge is 0.170 e. The second kappa shape index (κ2) is 10.4. The summed E-state index contributed by atoms with van der Waals surface area (Å²) in [5.74, 6) is 0.875. The van der Waals surface area contributed by atoms with Gasteiger partial charge in [0, 0.05) is 36.3 Å². The van der Waals surface area contributed by atoms with Gasteiger partial charge in [0.2, 0.25) is 0 Å². The highest BCUT2D eigenvalue weighted by atomic mass is 32.2. The largest absolute Gasteiger partial charge is 0.494 e. The van der Waals surface area contributed by atoms with Crippen LogP contribution in [0.1, 0.15) is 37.0 Å². The van der Waals surface area contributed by atoms with E-state index in [0.717, 1.165) is 5.69 Å². The Morgan fingerprint density at radius 2 is 1.67 bits per heavy atom. The van der Waals surface area contributed by atoms with Gasteiger partial charge in [0.25, 0.3) is 0 Å². The van der Waals surface area contributed by atoms with Crippen LogP contribution in [0.2, 0.25) is 0 Å². The molecule has 36 heavy (non-hydrogen) atoms. The average Bonchev–Trinajstić information content (AvgIpc) is 3.30. The Labute approximate surface area is 210 Å². The summed E-state index contributed by atoms with van der Waals surface area (Å²) in [7, 11) is -0.624. The number of hydrogen-bond acceptors (Lipinski definition) is 9. The molecule has 11 heteroatoms. The number of nitrogens with zero attached hydrogens (tertiary/aromatic N) is 6. The van der Waals surface area contributed by atoms with Crippen LogP contribution in [-0.2, 0) is 15.6 Å². The summed E-state index contributed by atoms with van der Waals surface area (Å²) < 4.78 is 40.1. The molecule has 3 heterocycles. The van der Waals surface area contributed by atoms with Crippen LogP contribution in [0.4, 0.5) is 0 Å². The topological polar surface area (TPSA) is 122 Å². The SMILES string of the molecule is COc1cccc(OC)c1-n1c(CS(=O)(=O)[C@H](C)[C@@H](C)c2cnc(C)cn2)nnc1-c1cccnc1. The zero-order valence-corrected chi connectivity index (χ0v) is 21.6. The van der Waals surface area contributed by atoms with E-state index >= 15 is 0 Å². The first kappa shape index (κ1) is 25.2. The van der Waals surface area contributed by atoms with E-state index in [1.807, 2.05) is 19.9 Å². The zero-order chi connectivity index (χ0) is 25.9. The first-order chi connectivity index (χ1) is 17.3. The summed E-state index contributed by atoms with van der Waals surface area (Å²) in [6, 6.07) is 8.93. The number of benzene rings is 1. The number of aromatic nitrogens is 6. The molecule has 0 spiro atoms. The van der Waals surface area contributed by atoms with Crippen molar-refractivity contribution in [3.63, 3.8) is 0 Å². The molecule has 0 aliphatic heterocycles. The molecule has 0 saturated carbocycles. The first-order valence-corrected chi connectivity index (χ1v) is 13.0. The average molecular weight is 509 g/mol. The fraction of sp³-hybridized carbons (Fsp3) is 0.320. The van der Waals surface area contributed by atoms with Crippen molar-refractivity contribution in [1.29, 1.82) is 0 Å². The van der Waals surface area contributed by atoms with E-state index < -0.39 is 15.1 Å². The van der Waals surface area contributed by atoms with E-state index in [0.29, 0.717) is 34.3 Å². The summed E-state index contributed by atoms with van der Waals surface area (Å²) >= 11 is 0. The number of hydrogen-bond donors (Lipinski definition) is 0. The maximum absolute atomic E-state index is 13.6. The predicted molar refractivity (Wildman–Crippen MR) is 135 cm³/mol. The predicted octanol–water partition coefficient (Wildman–Crippen LogP) is 3.55. The fourth-order valence-corrected chi connectivity index (χ4v) is 5.45. The minimum Gasteiger partial charge on any atom is -0.494 e. The molecule has 0 aliphatic carbocycles. The van der Waals surface area contributed by atoms with Gasteiger partial charge in [-0.05, 0) is 38.1 Å². The summed E-state index contributed by atoms with van der Waals surface area (Å²) in [5.41, 5.74) is 2.54. The van der Waals surface area contributed by atoms with Gasteiger partial charge >= 0.3 is 0 Å². The van der Waals surface area contributed by atoms with E-state index in [2.05, 4.69) is 25.1 Å². The molecule has 1 aromatic carbocycles. The van der Waals surface area contributed by atoms with Gasteiger partial charge in [-0.2, -0.15) is 0 Å². The quantitative estimate of drug-likeness (QED) is 0.334. The summed E-state index contributed by atoms with van der Waals surface area (Å²) in [4.78, 5) is 12.8. The third-order valence-electron chi connectivity index (χ3n) is 6.14. The molecule has 188 valence electrons. The van der Waals surface area contributed by atoms with Crippen molar-refractivity contribution >= 4 is 9.84 Å². The van der Waals surface area contributed by atoms with Crippen LogP contribution >= 0.6 is 0 Å². The highest BCUT2D eigenvalue weighted by Gasteiger charge is 2.32. The molecule has 0 unspecified atom stereocenters. The van der Waals surface area contributed by atoms with Crippen molar-refractivity contribution in [2.45, 2.75) is 37.7 Å². The van der Waals surface area contributed by atoms with Crippen LogP contribution in [0.15, 0.2) is 55.1 Å². The Hall–Kier alpha value is -3.86. The minimum absolute atomic E-state index is 0.227. The number of sulfone groups is 1. The standard InChI is InChI=1S/C25H28N6O4S/c1-16-12-28-20(14-27-16)17(2)18(3)36(32,33)15-23-29-30-25(19-8-7-11-26-13-19)31(23)24-21(34-4)9-6-10-22(24)35-5/h6-14,17-18H,15H2,1-5H3/t17-,18-/m1/s1. The minimum atomic E-state index is -3.70. The molecule has 2 atom stereocenters. The lowest BCUT2D eigenvalue weighted by molar-refractivity contribution is 0.390. The second-order valence-electron chi connectivity index (χ2n) is 8.41. The lowest BCUT2D eigenvalue weighted by Crippen LogP contribution is -2.27. The van der Waals surface area contributed by atoms with Crippen molar-refractivity contribution in [2.75, 3.05) is 14.2 Å². The molecule has 0 amide bonds. The lowest BCUT2D eigenvalue weighted by atomic mass is 10.1. The van der Waals surface area contributed by atoms with Gasteiger partial charge in [-0.3, -0.25) is 19.5 Å². The summed E-state index contributed by atoms with van der Waals surface area (Å²) in [6.45, 7) is 5.34. The fourth-order valence-electron chi connectivity index (χ4n) is 3.88. The molecular formula is C25H28N6O4S. The highest BCUT2D eigenvalue weighted by molar-refractivity contribution is 7.91. The van der Waals surface area contributed by atoms with Gasteiger partial charge in [-0.25, -0.2) is 8.42 Å². The molecule has 0 aliphatic rings. The Balaban J connectivity index is 1.81. The number of aryl methyl sites for hydroxylation is 1. The van der Waals surface area contributed by atoms with Crippen molar-refractivity contribution in [2.24, 2.45) is 0 Å². The maximum Gasteiger partial charge on any atom is 0.170 e. The molecule has 0 bridgehead atoms. The Bertz CT molecular complexity index is 1420. The third kappa shape index (κ3) is 4.92. The van der Waals surface area contributed by atoms with Gasteiger partial charge in [-0.1, -0.05) is 13.0 Å². The number of para-hydroxylation sites is 1. The Morgan fingerprint density at radius 3 is 2.25 bits per heavy atom. The van der Waals surface area contributed by atoms with Gasteiger partial charge in [0.05, 0.1) is 30.9 Å². The zero-order valence-electron chi connectivity index (χ0n) is 20.8. The molecule has 0 radical (unpaired) electrons. The van der Waals surface area contributed by atoms with Crippen LogP contribution in [0.5, 0.6) is 11.5 Å². The van der Waals surface area contributed by atoms with E-state index in [-0.39, 0.29) is 17.5 Å². The Morgan fingerprint density at radius 1 is 0.944 bits per heavy atom. The highest BCUT2D eigenvalue weighted by Crippen LogP contribution is 2.37. The molecule has 4 rings (SSSR count). The van der Waals surface area contributed by atoms with Crippen molar-refractivity contribution in [3.05, 3.63) is 72.3 Å². The summed E-state index contributed by atoms with van der Waals surface area (Å²) in [6.07, 6.45) is 6.54. The van der Waals surface area contributed by atoms with Crippen LogP contribution < -0.4 is 9.47 Å². The van der Waals surface area contributed by atoms with Crippen LogP contribution in [0.3, 0.4) is 0 Å². The first-order valence-electron chi connectivity index (χ1n) is 11.3. The van der Waals surface area contributed by atoms with E-state index in [4.69, 9.17) is 9.47 Å². The molecule has 0 saturated heterocycles. The van der Waals surface area contributed by atoms with Crippen molar-refractivity contribution < 1.29 is 17.9 Å². The van der Waals surface area contributed by atoms with Gasteiger partial charge < -0.3 is 9.47 Å². The normalized spacial score (nSPS) is 13.2. The molecule has 10 nitrogen and oxygen atoms in total. The van der Waals surface area contributed by atoms with Gasteiger partial charge in [0.1, 0.15) is 22.9 Å². The van der Waals surface area contributed by atoms with Crippen LogP contribution in [-0.4, -0.2) is 57.6 Å². The molecular weight excluding hydrogens is 480 g/mol. The molecule has 4 aromatic rings. The van der Waals surface area contributed by atoms with Crippen molar-refractivity contribution in [1.82, 2.24) is 29.7 Å². The van der Waals surface area contributed by atoms with E-state index in [1.165, 1.54) is 14.2 Å². The van der Waals surface area contributed by atoms with Crippen LogP contribution in [0.25, 0.3) is 17.1 Å². The second-order valence-corrected chi connectivity index (χ2v) is 10.8. The molecule has 0 fully saturated rings. The number of rotatable bonds is 9. The number of pyridine rings is 1. The van der Waals surface area contributed by atoms with Gasteiger partial charge in [-0.15, -0.1) is 10.2 Å². The van der Waals surface area contributed by atoms with E-state index in [1.54, 1.807) is 60.5 Å². The van der Waals surface area contributed by atoms with Gasteiger partial charge in [0.15, 0.2) is 21.5 Å². The number of methoxy groups -OCH3 is 2.